The van der Waals surface area contributed by atoms with Crippen LogP contribution in [0.15, 0.2) is 42.5 Å². The lowest BCUT2D eigenvalue weighted by Crippen LogP contribution is -2.06. The molecule has 2 aromatic carbocycles. The van der Waals surface area contributed by atoms with Crippen molar-refractivity contribution < 1.29 is 19.0 Å². The third-order valence-corrected chi connectivity index (χ3v) is 3.11. The van der Waals surface area contributed by atoms with Crippen molar-refractivity contribution in [2.75, 3.05) is 14.2 Å². The van der Waals surface area contributed by atoms with E-state index in [1.807, 2.05) is 31.2 Å². The molecule has 0 aromatic heterocycles. The molecule has 2 aromatic rings. The molecule has 0 aliphatic carbocycles. The minimum absolute atomic E-state index is 0.372. The van der Waals surface area contributed by atoms with Gasteiger partial charge in [0.1, 0.15) is 23.7 Å². The van der Waals surface area contributed by atoms with Gasteiger partial charge in [0.15, 0.2) is 0 Å². The summed E-state index contributed by atoms with van der Waals surface area (Å²) in [6.45, 7) is 2.40. The summed E-state index contributed by atoms with van der Waals surface area (Å²) in [5.74, 6) is 0.639. The molecule has 0 bridgehead atoms. The van der Waals surface area contributed by atoms with Crippen LogP contribution in [0.5, 0.6) is 11.5 Å². The summed E-state index contributed by atoms with van der Waals surface area (Å²) >= 11 is 0. The van der Waals surface area contributed by atoms with E-state index in [-0.39, 0.29) is 0 Å². The second-order valence-corrected chi connectivity index (χ2v) is 4.63. The van der Waals surface area contributed by atoms with Crippen molar-refractivity contribution in [3.63, 3.8) is 0 Å². The third kappa shape index (κ3) is 3.75. The summed E-state index contributed by atoms with van der Waals surface area (Å²) in [5.41, 5.74) is 2.60. The number of carbonyl (C=O) groups excluding carboxylic acids is 1. The molecule has 0 N–H and O–H groups in total. The van der Waals surface area contributed by atoms with Gasteiger partial charge in [-0.3, -0.25) is 0 Å². The predicted molar refractivity (Wildman–Crippen MR) is 79.8 cm³/mol. The fourth-order valence-corrected chi connectivity index (χ4v) is 1.87. The maximum absolute atomic E-state index is 11.7. The highest BCUT2D eigenvalue weighted by atomic mass is 16.5. The van der Waals surface area contributed by atoms with E-state index in [4.69, 9.17) is 14.2 Å². The number of rotatable bonds is 5. The van der Waals surface area contributed by atoms with Crippen molar-refractivity contribution in [2.45, 2.75) is 13.5 Å². The first-order valence-electron chi connectivity index (χ1n) is 6.58. The van der Waals surface area contributed by atoms with Crippen LogP contribution in [-0.4, -0.2) is 20.2 Å². The number of carbonyl (C=O) groups is 1. The molecule has 0 radical (unpaired) electrons. The molecule has 0 aliphatic heterocycles. The number of aryl methyl sites for hydroxylation is 1. The molecular weight excluding hydrogens is 268 g/mol. The van der Waals surface area contributed by atoms with Gasteiger partial charge in [0.05, 0.1) is 14.2 Å². The van der Waals surface area contributed by atoms with Gasteiger partial charge in [-0.05, 0) is 24.6 Å². The van der Waals surface area contributed by atoms with E-state index >= 15 is 0 Å². The molecule has 0 atom stereocenters. The minimum atomic E-state index is -0.434. The van der Waals surface area contributed by atoms with Gasteiger partial charge in [0.25, 0.3) is 0 Å². The van der Waals surface area contributed by atoms with Gasteiger partial charge in [-0.15, -0.1) is 0 Å². The van der Waals surface area contributed by atoms with Crippen LogP contribution in [0.2, 0.25) is 0 Å². The number of methoxy groups -OCH3 is 2. The molecule has 0 aliphatic rings. The van der Waals surface area contributed by atoms with E-state index in [2.05, 4.69) is 0 Å². The Morgan fingerprint density at radius 1 is 1.05 bits per heavy atom. The van der Waals surface area contributed by atoms with Crippen molar-refractivity contribution in [1.29, 1.82) is 0 Å². The molecule has 0 amide bonds. The van der Waals surface area contributed by atoms with Crippen molar-refractivity contribution >= 4 is 5.97 Å². The van der Waals surface area contributed by atoms with Gasteiger partial charge in [0.2, 0.25) is 0 Å². The van der Waals surface area contributed by atoms with Gasteiger partial charge in [-0.25, -0.2) is 4.79 Å². The van der Waals surface area contributed by atoms with E-state index in [0.29, 0.717) is 23.7 Å². The summed E-state index contributed by atoms with van der Waals surface area (Å²) in [5, 5.41) is 0. The first kappa shape index (κ1) is 14.9. The summed E-state index contributed by atoms with van der Waals surface area (Å²) in [7, 11) is 2.91. The Morgan fingerprint density at radius 2 is 1.76 bits per heavy atom. The number of benzene rings is 2. The van der Waals surface area contributed by atoms with Gasteiger partial charge in [-0.2, -0.15) is 0 Å². The van der Waals surface area contributed by atoms with Crippen molar-refractivity contribution in [1.82, 2.24) is 0 Å². The zero-order valence-electron chi connectivity index (χ0n) is 12.4. The number of hydrogen-bond donors (Lipinski definition) is 0. The largest absolute Gasteiger partial charge is 0.497 e. The molecule has 4 nitrogen and oxygen atoms in total. The lowest BCUT2D eigenvalue weighted by molar-refractivity contribution is 0.0595. The average molecular weight is 286 g/mol. The molecule has 0 saturated heterocycles. The average Bonchev–Trinajstić information content (AvgIpc) is 2.53. The van der Waals surface area contributed by atoms with Crippen LogP contribution in [0.4, 0.5) is 0 Å². The zero-order valence-corrected chi connectivity index (χ0v) is 12.4. The second kappa shape index (κ2) is 6.79. The highest BCUT2D eigenvalue weighted by molar-refractivity contribution is 5.92. The molecule has 110 valence electrons. The van der Waals surface area contributed by atoms with E-state index in [9.17, 15) is 4.79 Å². The topological polar surface area (TPSA) is 44.8 Å². The molecule has 0 unspecified atom stereocenters. The Labute approximate surface area is 124 Å². The van der Waals surface area contributed by atoms with Crippen molar-refractivity contribution in [3.05, 3.63) is 59.2 Å². The first-order chi connectivity index (χ1) is 10.1. The maximum Gasteiger partial charge on any atom is 0.341 e. The standard InChI is InChI=1S/C17H18O4/c1-12-4-6-13(7-5-12)11-21-16-10-14(19-2)8-9-15(16)17(18)20-3/h4-10H,11H2,1-3H3. The fourth-order valence-electron chi connectivity index (χ4n) is 1.87. The smallest absolute Gasteiger partial charge is 0.341 e. The monoisotopic (exact) mass is 286 g/mol. The molecular formula is C17H18O4. The Balaban J connectivity index is 2.20. The van der Waals surface area contributed by atoms with Gasteiger partial charge < -0.3 is 14.2 Å². The van der Waals surface area contributed by atoms with E-state index in [1.54, 1.807) is 25.3 Å². The lowest BCUT2D eigenvalue weighted by atomic mass is 10.1. The highest BCUT2D eigenvalue weighted by Gasteiger charge is 2.14. The number of hydrogen-bond acceptors (Lipinski definition) is 4. The minimum Gasteiger partial charge on any atom is -0.497 e. The van der Waals surface area contributed by atoms with E-state index in [1.165, 1.54) is 12.7 Å². The van der Waals surface area contributed by atoms with Gasteiger partial charge >= 0.3 is 5.97 Å². The Morgan fingerprint density at radius 3 is 2.38 bits per heavy atom. The molecule has 4 heteroatoms. The number of esters is 1. The first-order valence-corrected chi connectivity index (χ1v) is 6.58. The van der Waals surface area contributed by atoms with Crippen LogP contribution in [0.1, 0.15) is 21.5 Å². The van der Waals surface area contributed by atoms with Crippen LogP contribution < -0.4 is 9.47 Å². The highest BCUT2D eigenvalue weighted by Crippen LogP contribution is 2.26. The quantitative estimate of drug-likeness (QED) is 0.790. The Kier molecular flexibility index (Phi) is 4.82. The fraction of sp³-hybridized carbons (Fsp3) is 0.235. The predicted octanol–water partition coefficient (Wildman–Crippen LogP) is 3.37. The molecule has 21 heavy (non-hydrogen) atoms. The molecule has 2 rings (SSSR count). The molecule has 0 fully saturated rings. The van der Waals surface area contributed by atoms with Crippen LogP contribution in [0, 0.1) is 6.92 Å². The third-order valence-electron chi connectivity index (χ3n) is 3.11. The van der Waals surface area contributed by atoms with Crippen LogP contribution >= 0.6 is 0 Å². The van der Waals surface area contributed by atoms with E-state index < -0.39 is 5.97 Å². The SMILES string of the molecule is COC(=O)c1ccc(OC)cc1OCc1ccc(C)cc1. The van der Waals surface area contributed by atoms with Crippen LogP contribution in [0.25, 0.3) is 0 Å². The number of ether oxygens (including phenoxy) is 3. The maximum atomic E-state index is 11.7. The second-order valence-electron chi connectivity index (χ2n) is 4.63. The lowest BCUT2D eigenvalue weighted by Gasteiger charge is -2.12. The van der Waals surface area contributed by atoms with Crippen LogP contribution in [-0.2, 0) is 11.3 Å². The Hall–Kier alpha value is -2.49. The zero-order chi connectivity index (χ0) is 15.2. The summed E-state index contributed by atoms with van der Waals surface area (Å²) < 4.78 is 15.7. The van der Waals surface area contributed by atoms with Crippen molar-refractivity contribution in [2.24, 2.45) is 0 Å². The molecule has 0 heterocycles. The van der Waals surface area contributed by atoms with E-state index in [0.717, 1.165) is 5.56 Å². The van der Waals surface area contributed by atoms with Crippen LogP contribution in [0.3, 0.4) is 0 Å². The normalized spacial score (nSPS) is 10.0. The van der Waals surface area contributed by atoms with Gasteiger partial charge in [0, 0.05) is 6.07 Å². The molecule has 0 spiro atoms. The summed E-state index contributed by atoms with van der Waals surface area (Å²) in [6.07, 6.45) is 0. The summed E-state index contributed by atoms with van der Waals surface area (Å²) in [4.78, 5) is 11.7. The summed E-state index contributed by atoms with van der Waals surface area (Å²) in [6, 6.07) is 13.0. The molecule has 0 saturated carbocycles. The Bertz CT molecular complexity index is 617. The van der Waals surface area contributed by atoms with Gasteiger partial charge in [-0.1, -0.05) is 29.8 Å². The van der Waals surface area contributed by atoms with Crippen molar-refractivity contribution in [3.8, 4) is 11.5 Å².